The summed E-state index contributed by atoms with van der Waals surface area (Å²) in [4.78, 5) is 11.8. The average molecular weight is 270 g/mol. The highest BCUT2D eigenvalue weighted by atomic mass is 16.5. The minimum Gasteiger partial charge on any atom is -0.508 e. The minimum atomic E-state index is -0.282. The molecule has 3 heteroatoms. The number of benzene rings is 2. The fourth-order valence-electron chi connectivity index (χ4n) is 1.85. The van der Waals surface area contributed by atoms with E-state index in [9.17, 15) is 9.90 Å². The Morgan fingerprint density at radius 2 is 1.55 bits per heavy atom. The molecule has 0 heterocycles. The van der Waals surface area contributed by atoms with Gasteiger partial charge in [-0.25, -0.2) is 4.79 Å². The van der Waals surface area contributed by atoms with E-state index in [4.69, 9.17) is 4.74 Å². The zero-order chi connectivity index (χ0) is 14.4. The van der Waals surface area contributed by atoms with E-state index >= 15 is 0 Å². The van der Waals surface area contributed by atoms with Gasteiger partial charge in [0.1, 0.15) is 5.75 Å². The average Bonchev–Trinajstić information content (AvgIpc) is 2.48. The number of aromatic hydroxyl groups is 1. The number of rotatable bonds is 5. The van der Waals surface area contributed by atoms with Crippen LogP contribution in [0.25, 0.3) is 11.1 Å². The summed E-state index contributed by atoms with van der Waals surface area (Å²) < 4.78 is 5.16. The van der Waals surface area contributed by atoms with Crippen molar-refractivity contribution in [1.29, 1.82) is 0 Å². The lowest BCUT2D eigenvalue weighted by atomic mass is 10.0. The van der Waals surface area contributed by atoms with E-state index in [0.29, 0.717) is 12.2 Å². The molecule has 0 saturated heterocycles. The van der Waals surface area contributed by atoms with Crippen LogP contribution in [0.15, 0.2) is 48.5 Å². The first kappa shape index (κ1) is 14.1. The molecule has 0 radical (unpaired) electrons. The van der Waals surface area contributed by atoms with Crippen molar-refractivity contribution in [3.05, 3.63) is 54.1 Å². The Bertz CT molecular complexity index is 556. The predicted molar refractivity (Wildman–Crippen MR) is 78.7 cm³/mol. The highest BCUT2D eigenvalue weighted by molar-refractivity contribution is 5.90. The Kier molecular flexibility index (Phi) is 4.77. The smallest absolute Gasteiger partial charge is 0.338 e. The fourth-order valence-corrected chi connectivity index (χ4v) is 1.85. The largest absolute Gasteiger partial charge is 0.508 e. The number of hydrogen-bond acceptors (Lipinski definition) is 3. The van der Waals surface area contributed by atoms with Gasteiger partial charge in [-0.2, -0.15) is 0 Å². The van der Waals surface area contributed by atoms with Gasteiger partial charge in [-0.3, -0.25) is 0 Å². The Labute approximate surface area is 118 Å². The van der Waals surface area contributed by atoms with E-state index in [2.05, 4.69) is 6.92 Å². The number of esters is 1. The van der Waals surface area contributed by atoms with Crippen LogP contribution in [0.4, 0.5) is 0 Å². The molecule has 1 N–H and O–H groups in total. The topological polar surface area (TPSA) is 46.5 Å². The minimum absolute atomic E-state index is 0.241. The SMILES string of the molecule is CCCCOC(=O)c1ccc(-c2ccc(O)cc2)cc1. The number of ether oxygens (including phenoxy) is 1. The molecule has 0 unspecified atom stereocenters. The van der Waals surface area contributed by atoms with Crippen molar-refractivity contribution in [3.63, 3.8) is 0 Å². The quantitative estimate of drug-likeness (QED) is 0.659. The lowest BCUT2D eigenvalue weighted by Gasteiger charge is -2.05. The van der Waals surface area contributed by atoms with Gasteiger partial charge in [-0.1, -0.05) is 37.6 Å². The first-order valence-corrected chi connectivity index (χ1v) is 6.77. The van der Waals surface area contributed by atoms with Crippen molar-refractivity contribution in [2.45, 2.75) is 19.8 Å². The molecule has 3 nitrogen and oxygen atoms in total. The third-order valence-corrected chi connectivity index (χ3v) is 3.05. The molecule has 104 valence electrons. The van der Waals surface area contributed by atoms with E-state index in [0.717, 1.165) is 24.0 Å². The molecule has 0 fully saturated rings. The van der Waals surface area contributed by atoms with Gasteiger partial charge in [0.15, 0.2) is 0 Å². The van der Waals surface area contributed by atoms with Crippen molar-refractivity contribution in [3.8, 4) is 16.9 Å². The zero-order valence-electron chi connectivity index (χ0n) is 11.5. The summed E-state index contributed by atoms with van der Waals surface area (Å²) in [6.07, 6.45) is 1.89. The molecule has 0 aromatic heterocycles. The van der Waals surface area contributed by atoms with Gasteiger partial charge in [0.2, 0.25) is 0 Å². The van der Waals surface area contributed by atoms with E-state index in [-0.39, 0.29) is 11.7 Å². The molecule has 0 spiro atoms. The van der Waals surface area contributed by atoms with Crippen molar-refractivity contribution in [2.24, 2.45) is 0 Å². The van der Waals surface area contributed by atoms with Gasteiger partial charge in [-0.05, 0) is 41.8 Å². The highest BCUT2D eigenvalue weighted by Crippen LogP contribution is 2.22. The molecule has 0 aliphatic carbocycles. The summed E-state index contributed by atoms with van der Waals surface area (Å²) in [6.45, 7) is 2.52. The predicted octanol–water partition coefficient (Wildman–Crippen LogP) is 4.02. The number of hydrogen-bond donors (Lipinski definition) is 1. The maximum Gasteiger partial charge on any atom is 0.338 e. The van der Waals surface area contributed by atoms with Gasteiger partial charge in [0.05, 0.1) is 12.2 Å². The van der Waals surface area contributed by atoms with Gasteiger partial charge in [0.25, 0.3) is 0 Å². The van der Waals surface area contributed by atoms with Crippen LogP contribution in [0.1, 0.15) is 30.1 Å². The van der Waals surface area contributed by atoms with Crippen LogP contribution in [-0.4, -0.2) is 17.7 Å². The maximum absolute atomic E-state index is 11.8. The Balaban J connectivity index is 2.06. The molecule has 2 rings (SSSR count). The van der Waals surface area contributed by atoms with Crippen LogP contribution in [0, 0.1) is 0 Å². The highest BCUT2D eigenvalue weighted by Gasteiger charge is 2.07. The van der Waals surface area contributed by atoms with E-state index in [1.54, 1.807) is 24.3 Å². The lowest BCUT2D eigenvalue weighted by molar-refractivity contribution is 0.0500. The molecule has 0 amide bonds. The van der Waals surface area contributed by atoms with Crippen molar-refractivity contribution in [1.82, 2.24) is 0 Å². The third-order valence-electron chi connectivity index (χ3n) is 3.05. The van der Waals surface area contributed by atoms with E-state index in [1.165, 1.54) is 0 Å². The molecule has 0 aliphatic heterocycles. The molecule has 0 atom stereocenters. The maximum atomic E-state index is 11.8. The molecule has 20 heavy (non-hydrogen) atoms. The standard InChI is InChI=1S/C17H18O3/c1-2-3-12-20-17(19)15-6-4-13(5-7-15)14-8-10-16(18)11-9-14/h4-11,18H,2-3,12H2,1H3. The first-order chi connectivity index (χ1) is 9.70. The summed E-state index contributed by atoms with van der Waals surface area (Å²) in [5.74, 6) is -0.0411. The number of phenols is 1. The Morgan fingerprint density at radius 3 is 2.10 bits per heavy atom. The Hall–Kier alpha value is -2.29. The molecule has 0 saturated carbocycles. The van der Waals surface area contributed by atoms with Crippen LogP contribution in [0.3, 0.4) is 0 Å². The fraction of sp³-hybridized carbons (Fsp3) is 0.235. The second-order valence-corrected chi connectivity index (χ2v) is 4.61. The van der Waals surface area contributed by atoms with Gasteiger partial charge in [0, 0.05) is 0 Å². The molecular formula is C17H18O3. The normalized spacial score (nSPS) is 10.2. The first-order valence-electron chi connectivity index (χ1n) is 6.77. The second-order valence-electron chi connectivity index (χ2n) is 4.61. The number of phenolic OH excluding ortho intramolecular Hbond substituents is 1. The monoisotopic (exact) mass is 270 g/mol. The third kappa shape index (κ3) is 3.60. The summed E-state index contributed by atoms with van der Waals surface area (Å²) >= 11 is 0. The summed E-state index contributed by atoms with van der Waals surface area (Å²) in [7, 11) is 0. The summed E-state index contributed by atoms with van der Waals surface area (Å²) in [5.41, 5.74) is 2.55. The van der Waals surface area contributed by atoms with Gasteiger partial charge < -0.3 is 9.84 Å². The van der Waals surface area contributed by atoms with Gasteiger partial charge >= 0.3 is 5.97 Å². The van der Waals surface area contributed by atoms with Crippen LogP contribution in [0.2, 0.25) is 0 Å². The summed E-state index contributed by atoms with van der Waals surface area (Å²) in [6, 6.07) is 14.2. The molecule has 0 aliphatic rings. The number of carbonyl (C=O) groups is 1. The molecule has 2 aromatic rings. The Morgan fingerprint density at radius 1 is 1.00 bits per heavy atom. The van der Waals surface area contributed by atoms with E-state index < -0.39 is 0 Å². The van der Waals surface area contributed by atoms with Crippen molar-refractivity contribution < 1.29 is 14.6 Å². The lowest BCUT2D eigenvalue weighted by Crippen LogP contribution is -2.05. The van der Waals surface area contributed by atoms with Crippen LogP contribution in [-0.2, 0) is 4.74 Å². The second kappa shape index (κ2) is 6.75. The van der Waals surface area contributed by atoms with E-state index in [1.807, 2.05) is 24.3 Å². The van der Waals surface area contributed by atoms with Gasteiger partial charge in [-0.15, -0.1) is 0 Å². The zero-order valence-corrected chi connectivity index (χ0v) is 11.5. The molecule has 0 bridgehead atoms. The van der Waals surface area contributed by atoms with Crippen molar-refractivity contribution >= 4 is 5.97 Å². The van der Waals surface area contributed by atoms with Crippen molar-refractivity contribution in [2.75, 3.05) is 6.61 Å². The van der Waals surface area contributed by atoms with Crippen LogP contribution < -0.4 is 0 Å². The molecule has 2 aromatic carbocycles. The number of carbonyl (C=O) groups excluding carboxylic acids is 1. The van der Waals surface area contributed by atoms with Crippen LogP contribution in [0.5, 0.6) is 5.75 Å². The van der Waals surface area contributed by atoms with Crippen LogP contribution >= 0.6 is 0 Å². The number of unbranched alkanes of at least 4 members (excludes halogenated alkanes) is 1. The molecular weight excluding hydrogens is 252 g/mol. The summed E-state index contributed by atoms with van der Waals surface area (Å²) in [5, 5.41) is 9.26.